The molecule has 29 heavy (non-hydrogen) atoms. The van der Waals surface area contributed by atoms with Crippen LogP contribution in [0.1, 0.15) is 27.2 Å². The van der Waals surface area contributed by atoms with E-state index in [4.69, 9.17) is 0 Å². The predicted molar refractivity (Wildman–Crippen MR) is 118 cm³/mol. The zero-order valence-corrected chi connectivity index (χ0v) is 16.9. The summed E-state index contributed by atoms with van der Waals surface area (Å²) in [5, 5.41) is 3.42. The fraction of sp³-hybridized carbons (Fsp3) is 0.174. The average molecular weight is 404 g/mol. The van der Waals surface area contributed by atoms with E-state index in [9.17, 15) is 9.59 Å². The smallest absolute Gasteiger partial charge is 0.266 e. The van der Waals surface area contributed by atoms with Gasteiger partial charge in [-0.05, 0) is 43.0 Å². The summed E-state index contributed by atoms with van der Waals surface area (Å²) in [6, 6.07) is 19.5. The maximum absolute atomic E-state index is 13.0. The number of benzene rings is 2. The number of carbonyl (C=O) groups is 1. The molecule has 1 amide bonds. The summed E-state index contributed by atoms with van der Waals surface area (Å²) in [6.07, 6.45) is 3.34. The number of thiophene rings is 1. The normalized spacial score (nSPS) is 10.9. The summed E-state index contributed by atoms with van der Waals surface area (Å²) in [6.45, 7) is 2.41. The first-order valence-corrected chi connectivity index (χ1v) is 10.3. The second-order valence-electron chi connectivity index (χ2n) is 6.89. The molecule has 0 saturated carbocycles. The largest absolute Gasteiger partial charge is 0.321 e. The van der Waals surface area contributed by atoms with Gasteiger partial charge in [-0.1, -0.05) is 48.5 Å². The van der Waals surface area contributed by atoms with E-state index in [-0.39, 0.29) is 11.5 Å². The molecular weight excluding hydrogens is 382 g/mol. The van der Waals surface area contributed by atoms with Crippen molar-refractivity contribution in [3.8, 4) is 0 Å². The molecular formula is C23H21N3O2S. The van der Waals surface area contributed by atoms with Gasteiger partial charge in [-0.3, -0.25) is 14.2 Å². The molecule has 0 fully saturated rings. The quantitative estimate of drug-likeness (QED) is 0.510. The maximum atomic E-state index is 13.0. The third-order valence-corrected chi connectivity index (χ3v) is 6.06. The SMILES string of the molecule is Cc1c(C(=O)Nc2ccccc2)sc2ncn(CCCc3ccccc3)c(=O)c12. The van der Waals surface area contributed by atoms with Crippen LogP contribution in [0.4, 0.5) is 5.69 Å². The van der Waals surface area contributed by atoms with Crippen molar-refractivity contribution in [1.82, 2.24) is 9.55 Å². The van der Waals surface area contributed by atoms with E-state index in [1.54, 1.807) is 10.9 Å². The molecule has 0 aliphatic heterocycles. The fourth-order valence-corrected chi connectivity index (χ4v) is 4.38. The molecule has 0 aliphatic rings. The van der Waals surface area contributed by atoms with Crippen LogP contribution in [0.2, 0.25) is 0 Å². The second kappa shape index (κ2) is 8.41. The highest BCUT2D eigenvalue weighted by atomic mass is 32.1. The third kappa shape index (κ3) is 4.12. The van der Waals surface area contributed by atoms with E-state index in [2.05, 4.69) is 22.4 Å². The third-order valence-electron chi connectivity index (χ3n) is 4.86. The zero-order chi connectivity index (χ0) is 20.2. The molecule has 6 heteroatoms. The number of para-hydroxylation sites is 1. The van der Waals surface area contributed by atoms with E-state index >= 15 is 0 Å². The first-order chi connectivity index (χ1) is 14.1. The average Bonchev–Trinajstić information content (AvgIpc) is 3.08. The van der Waals surface area contributed by atoms with Crippen molar-refractivity contribution in [1.29, 1.82) is 0 Å². The van der Waals surface area contributed by atoms with E-state index < -0.39 is 0 Å². The van der Waals surface area contributed by atoms with Crippen LogP contribution in [0.15, 0.2) is 71.8 Å². The minimum Gasteiger partial charge on any atom is -0.321 e. The summed E-state index contributed by atoms with van der Waals surface area (Å²) < 4.78 is 1.64. The molecule has 2 heterocycles. The van der Waals surface area contributed by atoms with Crippen molar-refractivity contribution in [2.75, 3.05) is 5.32 Å². The summed E-state index contributed by atoms with van der Waals surface area (Å²) in [5.41, 5.74) is 2.57. The maximum Gasteiger partial charge on any atom is 0.266 e. The highest BCUT2D eigenvalue weighted by Crippen LogP contribution is 2.27. The molecule has 0 aliphatic carbocycles. The van der Waals surface area contributed by atoms with Crippen LogP contribution in [0.3, 0.4) is 0 Å². The number of anilines is 1. The Balaban J connectivity index is 1.55. The number of nitrogens with zero attached hydrogens (tertiary/aromatic N) is 2. The van der Waals surface area contributed by atoms with Crippen molar-refractivity contribution in [2.45, 2.75) is 26.3 Å². The zero-order valence-electron chi connectivity index (χ0n) is 16.1. The van der Waals surface area contributed by atoms with Gasteiger partial charge in [0.1, 0.15) is 4.83 Å². The number of hydrogen-bond acceptors (Lipinski definition) is 4. The lowest BCUT2D eigenvalue weighted by molar-refractivity contribution is 0.103. The molecule has 2 aromatic carbocycles. The molecule has 5 nitrogen and oxygen atoms in total. The Morgan fingerprint density at radius 2 is 1.76 bits per heavy atom. The van der Waals surface area contributed by atoms with E-state index in [1.165, 1.54) is 16.9 Å². The number of nitrogens with one attached hydrogen (secondary N) is 1. The van der Waals surface area contributed by atoms with E-state index in [0.717, 1.165) is 18.5 Å². The lowest BCUT2D eigenvalue weighted by atomic mass is 10.1. The van der Waals surface area contributed by atoms with Crippen molar-refractivity contribution in [2.24, 2.45) is 0 Å². The monoisotopic (exact) mass is 403 g/mol. The summed E-state index contributed by atoms with van der Waals surface area (Å²) >= 11 is 1.26. The molecule has 1 N–H and O–H groups in total. The molecule has 4 aromatic rings. The Kier molecular flexibility index (Phi) is 5.53. The Labute approximate surface area is 172 Å². The van der Waals surface area contributed by atoms with Gasteiger partial charge < -0.3 is 5.32 Å². The van der Waals surface area contributed by atoms with Gasteiger partial charge in [-0.2, -0.15) is 0 Å². The molecule has 146 valence electrons. The Morgan fingerprint density at radius 3 is 2.48 bits per heavy atom. The van der Waals surface area contributed by atoms with Crippen LogP contribution < -0.4 is 10.9 Å². The van der Waals surface area contributed by atoms with Gasteiger partial charge in [-0.25, -0.2) is 4.98 Å². The molecule has 0 saturated heterocycles. The first-order valence-electron chi connectivity index (χ1n) is 9.52. The van der Waals surface area contributed by atoms with Gasteiger partial charge in [0.25, 0.3) is 11.5 Å². The fourth-order valence-electron chi connectivity index (χ4n) is 3.34. The predicted octanol–water partition coefficient (Wildman–Crippen LogP) is 4.65. The Bertz CT molecular complexity index is 1200. The van der Waals surface area contributed by atoms with Gasteiger partial charge in [0, 0.05) is 12.2 Å². The van der Waals surface area contributed by atoms with Crippen LogP contribution in [-0.2, 0) is 13.0 Å². The minimum atomic E-state index is -0.216. The molecule has 0 unspecified atom stereocenters. The van der Waals surface area contributed by atoms with Crippen molar-refractivity contribution in [3.05, 3.63) is 93.3 Å². The highest BCUT2D eigenvalue weighted by molar-refractivity contribution is 7.20. The van der Waals surface area contributed by atoms with Gasteiger partial charge >= 0.3 is 0 Å². The van der Waals surface area contributed by atoms with Crippen molar-refractivity contribution in [3.63, 3.8) is 0 Å². The first kappa shape index (κ1) is 19.1. The van der Waals surface area contributed by atoms with Gasteiger partial charge in [0.2, 0.25) is 0 Å². The standard InChI is InChI=1S/C23H21N3O2S/c1-16-19-22(29-20(16)21(27)25-18-12-6-3-7-13-18)24-15-26(23(19)28)14-8-11-17-9-4-2-5-10-17/h2-7,9-10,12-13,15H,8,11,14H2,1H3,(H,25,27). The summed E-state index contributed by atoms with van der Waals surface area (Å²) in [4.78, 5) is 31.2. The van der Waals surface area contributed by atoms with Crippen molar-refractivity contribution >= 4 is 33.1 Å². The molecule has 0 radical (unpaired) electrons. The molecule has 0 spiro atoms. The second-order valence-corrected chi connectivity index (χ2v) is 7.89. The summed E-state index contributed by atoms with van der Waals surface area (Å²) in [5.74, 6) is -0.216. The van der Waals surface area contributed by atoms with Crippen molar-refractivity contribution < 1.29 is 4.79 Å². The number of aryl methyl sites for hydroxylation is 3. The Hall–Kier alpha value is -3.25. The molecule has 0 bridgehead atoms. The number of aromatic nitrogens is 2. The molecule has 2 aromatic heterocycles. The molecule has 0 atom stereocenters. The topological polar surface area (TPSA) is 64.0 Å². The lowest BCUT2D eigenvalue weighted by Crippen LogP contribution is -2.21. The minimum absolute atomic E-state index is 0.0874. The van der Waals surface area contributed by atoms with Gasteiger partial charge in [0.05, 0.1) is 16.6 Å². The lowest BCUT2D eigenvalue weighted by Gasteiger charge is -2.06. The van der Waals surface area contributed by atoms with Crippen LogP contribution in [0.5, 0.6) is 0 Å². The van der Waals surface area contributed by atoms with Crippen LogP contribution in [-0.4, -0.2) is 15.5 Å². The van der Waals surface area contributed by atoms with Gasteiger partial charge in [0.15, 0.2) is 0 Å². The number of carbonyl (C=O) groups excluding carboxylic acids is 1. The van der Waals surface area contributed by atoms with E-state index in [0.29, 0.717) is 27.2 Å². The number of hydrogen-bond donors (Lipinski definition) is 1. The van der Waals surface area contributed by atoms with E-state index in [1.807, 2.05) is 55.5 Å². The molecule has 4 rings (SSSR count). The summed E-state index contributed by atoms with van der Waals surface area (Å²) in [7, 11) is 0. The number of rotatable bonds is 6. The Morgan fingerprint density at radius 1 is 1.07 bits per heavy atom. The van der Waals surface area contributed by atoms with Crippen LogP contribution in [0.25, 0.3) is 10.2 Å². The van der Waals surface area contributed by atoms with Gasteiger partial charge in [-0.15, -0.1) is 11.3 Å². The highest BCUT2D eigenvalue weighted by Gasteiger charge is 2.19. The number of fused-ring (bicyclic) bond motifs is 1. The number of amides is 1. The van der Waals surface area contributed by atoms with Crippen LogP contribution >= 0.6 is 11.3 Å². The van der Waals surface area contributed by atoms with Crippen LogP contribution in [0, 0.1) is 6.92 Å².